The summed E-state index contributed by atoms with van der Waals surface area (Å²) in [4.78, 5) is 20.0. The minimum absolute atomic E-state index is 0.247. The van der Waals surface area contributed by atoms with Crippen LogP contribution in [0.25, 0.3) is 0 Å². The summed E-state index contributed by atoms with van der Waals surface area (Å²) < 4.78 is 0. The Hall–Kier alpha value is -1.59. The molecule has 0 saturated carbocycles. The summed E-state index contributed by atoms with van der Waals surface area (Å²) in [6, 6.07) is 9.02. The highest BCUT2D eigenvalue weighted by Gasteiger charge is 2.24. The van der Waals surface area contributed by atoms with E-state index in [2.05, 4.69) is 43.4 Å². The van der Waals surface area contributed by atoms with Crippen LogP contribution in [0, 0.1) is 0 Å². The second kappa shape index (κ2) is 8.68. The molecule has 0 unspecified atom stereocenters. The van der Waals surface area contributed by atoms with Crippen LogP contribution in [0.3, 0.4) is 0 Å². The molecule has 5 nitrogen and oxygen atoms in total. The number of nitrogens with one attached hydrogen (secondary N) is 1. The molecule has 5 heteroatoms. The largest absolute Gasteiger partial charge is 0.381 e. The number of hydrogen-bond donors (Lipinski definition) is 1. The summed E-state index contributed by atoms with van der Waals surface area (Å²) in [5.41, 5.74) is 2.50. The second-order valence-electron chi connectivity index (χ2n) is 7.47. The van der Waals surface area contributed by atoms with E-state index in [0.29, 0.717) is 24.9 Å². The van der Waals surface area contributed by atoms with Gasteiger partial charge in [-0.3, -0.25) is 9.63 Å². The van der Waals surface area contributed by atoms with Gasteiger partial charge in [-0.1, -0.05) is 26.0 Å². The van der Waals surface area contributed by atoms with Crippen molar-refractivity contribution in [1.29, 1.82) is 0 Å². The summed E-state index contributed by atoms with van der Waals surface area (Å²) in [5, 5.41) is 5.52. The van der Waals surface area contributed by atoms with Crippen LogP contribution in [0.2, 0.25) is 0 Å². The monoisotopic (exact) mass is 345 g/mol. The molecular formula is C20H31N3O2. The molecule has 1 aromatic rings. The Morgan fingerprint density at radius 1 is 1.24 bits per heavy atom. The van der Waals surface area contributed by atoms with Crippen LogP contribution in [0.1, 0.15) is 51.0 Å². The van der Waals surface area contributed by atoms with Crippen molar-refractivity contribution in [2.45, 2.75) is 51.5 Å². The maximum Gasteiger partial charge on any atom is 0.224 e. The molecule has 2 heterocycles. The molecule has 25 heavy (non-hydrogen) atoms. The summed E-state index contributed by atoms with van der Waals surface area (Å²) in [5.74, 6) is 0.800. The van der Waals surface area contributed by atoms with Gasteiger partial charge in [0.25, 0.3) is 0 Å². The van der Waals surface area contributed by atoms with Crippen LogP contribution in [0.5, 0.6) is 0 Å². The lowest BCUT2D eigenvalue weighted by Gasteiger charge is -2.34. The minimum atomic E-state index is 0.247. The second-order valence-corrected chi connectivity index (χ2v) is 7.47. The number of piperidine rings is 1. The predicted octanol–water partition coefficient (Wildman–Crippen LogP) is 3.24. The van der Waals surface area contributed by atoms with Crippen molar-refractivity contribution >= 4 is 11.6 Å². The van der Waals surface area contributed by atoms with E-state index in [1.165, 1.54) is 5.56 Å². The maximum absolute atomic E-state index is 12.5. The summed E-state index contributed by atoms with van der Waals surface area (Å²) in [6.07, 6.45) is 3.80. The average Bonchev–Trinajstić information content (AvgIpc) is 3.14. The fraction of sp³-hybridized carbons (Fsp3) is 0.650. The van der Waals surface area contributed by atoms with Gasteiger partial charge in [0.05, 0.1) is 6.61 Å². The molecule has 2 aliphatic rings. The Labute approximate surface area is 151 Å². The van der Waals surface area contributed by atoms with E-state index in [1.807, 2.05) is 9.96 Å². The fourth-order valence-corrected chi connectivity index (χ4v) is 3.58. The third-order valence-electron chi connectivity index (χ3n) is 5.12. The third kappa shape index (κ3) is 5.19. The first-order valence-electron chi connectivity index (χ1n) is 9.64. The van der Waals surface area contributed by atoms with Crippen molar-refractivity contribution in [3.05, 3.63) is 29.8 Å². The zero-order valence-electron chi connectivity index (χ0n) is 15.5. The number of carbonyl (C=O) groups is 1. The molecule has 138 valence electrons. The highest BCUT2D eigenvalue weighted by molar-refractivity contribution is 5.76. The minimum Gasteiger partial charge on any atom is -0.381 e. The number of carbonyl (C=O) groups excluding carboxylic acids is 1. The smallest absolute Gasteiger partial charge is 0.224 e. The topological polar surface area (TPSA) is 44.8 Å². The zero-order chi connectivity index (χ0) is 17.6. The summed E-state index contributed by atoms with van der Waals surface area (Å²) in [7, 11) is 0. The van der Waals surface area contributed by atoms with Gasteiger partial charge in [0.15, 0.2) is 0 Å². The predicted molar refractivity (Wildman–Crippen MR) is 101 cm³/mol. The Kier molecular flexibility index (Phi) is 6.32. The van der Waals surface area contributed by atoms with E-state index in [1.54, 1.807) is 0 Å². The lowest BCUT2D eigenvalue weighted by atomic mass is 10.0. The van der Waals surface area contributed by atoms with Crippen molar-refractivity contribution in [1.82, 2.24) is 9.96 Å². The molecule has 0 radical (unpaired) electrons. The first kappa shape index (κ1) is 18.2. The number of hydroxylamine groups is 2. The summed E-state index contributed by atoms with van der Waals surface area (Å²) in [6.45, 7) is 8.55. The molecule has 1 amide bonds. The normalized spacial score (nSPS) is 21.7. The van der Waals surface area contributed by atoms with Crippen LogP contribution < -0.4 is 5.32 Å². The van der Waals surface area contributed by atoms with Crippen molar-refractivity contribution < 1.29 is 9.63 Å². The van der Waals surface area contributed by atoms with E-state index in [9.17, 15) is 4.79 Å². The molecule has 0 aliphatic carbocycles. The molecule has 2 aliphatic heterocycles. The Morgan fingerprint density at radius 2 is 2.04 bits per heavy atom. The highest BCUT2D eigenvalue weighted by Crippen LogP contribution is 2.20. The third-order valence-corrected chi connectivity index (χ3v) is 5.12. The van der Waals surface area contributed by atoms with Crippen LogP contribution in [0.4, 0.5) is 5.69 Å². The Bertz CT molecular complexity index is 553. The highest BCUT2D eigenvalue weighted by atomic mass is 16.7. The number of amides is 1. The quantitative estimate of drug-likeness (QED) is 0.860. The molecule has 0 spiro atoms. The van der Waals surface area contributed by atoms with Gasteiger partial charge in [-0.05, 0) is 42.9 Å². The first-order valence-corrected chi connectivity index (χ1v) is 9.64. The van der Waals surface area contributed by atoms with E-state index < -0.39 is 0 Å². The molecule has 1 atom stereocenters. The van der Waals surface area contributed by atoms with Gasteiger partial charge in [-0.15, -0.1) is 0 Å². The number of hydrogen-bond acceptors (Lipinski definition) is 4. The number of nitrogens with zero attached hydrogens (tertiary/aromatic N) is 2. The van der Waals surface area contributed by atoms with Crippen LogP contribution in [-0.4, -0.2) is 54.7 Å². The SMILES string of the molecule is CC(C)c1ccc(N[C@@H]2CCCN(C(=O)CCN3CCCO3)C2)cc1. The van der Waals surface area contributed by atoms with Crippen molar-refractivity contribution in [3.63, 3.8) is 0 Å². The van der Waals surface area contributed by atoms with Crippen LogP contribution in [0.15, 0.2) is 24.3 Å². The molecule has 0 aromatic heterocycles. The molecule has 2 saturated heterocycles. The number of benzene rings is 1. The summed E-state index contributed by atoms with van der Waals surface area (Å²) >= 11 is 0. The van der Waals surface area contributed by atoms with Crippen molar-refractivity contribution in [2.24, 2.45) is 0 Å². The molecule has 1 N–H and O–H groups in total. The molecule has 0 bridgehead atoms. The van der Waals surface area contributed by atoms with E-state index in [0.717, 1.165) is 51.2 Å². The van der Waals surface area contributed by atoms with E-state index in [4.69, 9.17) is 4.84 Å². The Morgan fingerprint density at radius 3 is 2.72 bits per heavy atom. The average molecular weight is 345 g/mol. The van der Waals surface area contributed by atoms with Crippen molar-refractivity contribution in [3.8, 4) is 0 Å². The molecule has 1 aromatic carbocycles. The lowest BCUT2D eigenvalue weighted by molar-refractivity contribution is -0.139. The fourth-order valence-electron chi connectivity index (χ4n) is 3.58. The van der Waals surface area contributed by atoms with E-state index in [-0.39, 0.29) is 5.91 Å². The standard InChI is InChI=1S/C20H31N3O2/c1-16(2)17-6-8-18(9-7-17)21-19-5-3-11-22(15-19)20(24)10-13-23-12-4-14-25-23/h6-9,16,19,21H,3-5,10-15H2,1-2H3/t19-/m1/s1. The van der Waals surface area contributed by atoms with Gasteiger partial charge in [0, 0.05) is 44.3 Å². The molecule has 3 rings (SSSR count). The van der Waals surface area contributed by atoms with Gasteiger partial charge < -0.3 is 10.2 Å². The van der Waals surface area contributed by atoms with Gasteiger partial charge in [0.1, 0.15) is 0 Å². The lowest BCUT2D eigenvalue weighted by Crippen LogP contribution is -2.45. The van der Waals surface area contributed by atoms with Crippen LogP contribution in [-0.2, 0) is 9.63 Å². The van der Waals surface area contributed by atoms with Gasteiger partial charge in [-0.25, -0.2) is 0 Å². The first-order chi connectivity index (χ1) is 12.1. The molecular weight excluding hydrogens is 314 g/mol. The molecule has 2 fully saturated rings. The Balaban J connectivity index is 1.47. The number of likely N-dealkylation sites (tertiary alicyclic amines) is 1. The number of anilines is 1. The maximum atomic E-state index is 12.5. The van der Waals surface area contributed by atoms with Gasteiger partial charge in [-0.2, -0.15) is 5.06 Å². The van der Waals surface area contributed by atoms with E-state index >= 15 is 0 Å². The van der Waals surface area contributed by atoms with Crippen LogP contribution >= 0.6 is 0 Å². The van der Waals surface area contributed by atoms with Crippen molar-refractivity contribution in [2.75, 3.05) is 38.1 Å². The van der Waals surface area contributed by atoms with Gasteiger partial charge >= 0.3 is 0 Å². The zero-order valence-corrected chi connectivity index (χ0v) is 15.5. The number of rotatable bonds is 6. The van der Waals surface area contributed by atoms with Gasteiger partial charge in [0.2, 0.25) is 5.91 Å².